The Labute approximate surface area is 221 Å². The molecule has 2 heterocycles. The Morgan fingerprint density at radius 1 is 0.865 bits per heavy atom. The molecule has 0 fully saturated rings. The van der Waals surface area contributed by atoms with Crippen molar-refractivity contribution in [3.05, 3.63) is 88.9 Å². The molecule has 0 saturated carbocycles. The maximum atomic E-state index is 7.82. The zero-order valence-corrected chi connectivity index (χ0v) is 24.2. The Hall–Kier alpha value is -3.68. The maximum Gasteiger partial charge on any atom is 0.216 e. The number of pyridine rings is 1. The molecule has 0 N–H and O–H groups in total. The van der Waals surface area contributed by atoms with Gasteiger partial charge in [-0.2, -0.15) is 4.57 Å². The number of hydrogen-bond acceptors (Lipinski definition) is 1. The van der Waals surface area contributed by atoms with Gasteiger partial charge in [0.15, 0.2) is 11.4 Å². The van der Waals surface area contributed by atoms with Gasteiger partial charge in [-0.15, -0.1) is 0 Å². The number of furan rings is 1. The summed E-state index contributed by atoms with van der Waals surface area (Å²) in [4.78, 5) is 3.84. The molecule has 3 aromatic carbocycles. The lowest BCUT2D eigenvalue weighted by Gasteiger charge is -2.24. The minimum Gasteiger partial charge on any atom is -0.456 e. The predicted molar refractivity (Wildman–Crippen MR) is 159 cm³/mol. The van der Waals surface area contributed by atoms with Crippen molar-refractivity contribution in [2.24, 2.45) is 7.05 Å². The summed E-state index contributed by atoms with van der Waals surface area (Å²) in [6.45, 7) is 24.2. The van der Waals surface area contributed by atoms with Crippen LogP contribution in [0.4, 0.5) is 5.69 Å². The van der Waals surface area contributed by atoms with Crippen LogP contribution in [0.25, 0.3) is 49.2 Å². The Morgan fingerprint density at radius 2 is 1.49 bits per heavy atom. The Bertz CT molecular complexity index is 1710. The van der Waals surface area contributed by atoms with Crippen molar-refractivity contribution in [2.45, 2.75) is 53.3 Å². The van der Waals surface area contributed by atoms with Gasteiger partial charge in [-0.1, -0.05) is 88.1 Å². The first-order valence-electron chi connectivity index (χ1n) is 13.0. The number of hydrogen-bond donors (Lipinski definition) is 0. The molecule has 37 heavy (non-hydrogen) atoms. The van der Waals surface area contributed by atoms with E-state index in [1.807, 2.05) is 30.3 Å². The summed E-state index contributed by atoms with van der Waals surface area (Å²) < 4.78 is 9.15. The van der Waals surface area contributed by atoms with E-state index in [-0.39, 0.29) is 0 Å². The number of aromatic nitrogens is 1. The number of fused-ring (bicyclic) bond motifs is 3. The van der Waals surface area contributed by atoms with Crippen molar-refractivity contribution in [3.63, 3.8) is 0 Å². The lowest BCUT2D eigenvalue weighted by Crippen LogP contribution is -2.51. The first-order chi connectivity index (χ1) is 17.5. The molecule has 0 radical (unpaired) electrons. The lowest BCUT2D eigenvalue weighted by atomic mass is 9.95. The minimum absolute atomic E-state index is 0.432. The van der Waals surface area contributed by atoms with Gasteiger partial charge >= 0.3 is 0 Å². The van der Waals surface area contributed by atoms with E-state index >= 15 is 0 Å². The van der Waals surface area contributed by atoms with Crippen LogP contribution in [0.15, 0.2) is 65.1 Å². The van der Waals surface area contributed by atoms with Crippen LogP contribution in [0.3, 0.4) is 0 Å². The highest BCUT2D eigenvalue weighted by Gasteiger charge is 2.32. The van der Waals surface area contributed by atoms with E-state index < -0.39 is 8.07 Å². The molecule has 0 aliphatic heterocycles. The second-order valence-electron chi connectivity index (χ2n) is 11.5. The minimum atomic E-state index is -1.56. The first kappa shape index (κ1) is 25.0. The fraction of sp³-hybridized carbons (Fsp3) is 0.273. The van der Waals surface area contributed by atoms with Gasteiger partial charge in [0.1, 0.15) is 18.2 Å². The molecular weight excluding hydrogens is 468 g/mol. The van der Waals surface area contributed by atoms with Crippen LogP contribution in [0.2, 0.25) is 19.6 Å². The van der Waals surface area contributed by atoms with Crippen LogP contribution in [0.1, 0.15) is 36.6 Å². The average molecular weight is 504 g/mol. The van der Waals surface area contributed by atoms with E-state index in [9.17, 15) is 0 Å². The van der Waals surface area contributed by atoms with Crippen molar-refractivity contribution in [1.82, 2.24) is 0 Å². The highest BCUT2D eigenvalue weighted by Crippen LogP contribution is 2.44. The van der Waals surface area contributed by atoms with Gasteiger partial charge in [-0.25, -0.2) is 4.85 Å². The van der Waals surface area contributed by atoms with Crippen LogP contribution in [-0.2, 0) is 7.05 Å². The highest BCUT2D eigenvalue weighted by molar-refractivity contribution is 6.89. The van der Waals surface area contributed by atoms with Crippen molar-refractivity contribution < 1.29 is 8.98 Å². The van der Waals surface area contributed by atoms with Crippen LogP contribution < -0.4 is 9.75 Å². The molecule has 5 aromatic rings. The molecule has 0 atom stereocenters. The summed E-state index contributed by atoms with van der Waals surface area (Å²) in [6, 6.07) is 20.9. The second kappa shape index (κ2) is 9.01. The van der Waals surface area contributed by atoms with Crippen molar-refractivity contribution in [2.75, 3.05) is 0 Å². The van der Waals surface area contributed by atoms with Gasteiger partial charge in [0.2, 0.25) is 5.69 Å². The number of aryl methyl sites for hydroxylation is 1. The Kier molecular flexibility index (Phi) is 6.08. The Balaban J connectivity index is 1.91. The third-order valence-corrected chi connectivity index (χ3v) is 9.76. The third-order valence-electron chi connectivity index (χ3n) is 7.61. The molecule has 4 heteroatoms. The molecule has 0 bridgehead atoms. The summed E-state index contributed by atoms with van der Waals surface area (Å²) in [5.74, 6) is 0.432. The van der Waals surface area contributed by atoms with Gasteiger partial charge in [0.05, 0.1) is 20.2 Å². The Morgan fingerprint density at radius 3 is 2.08 bits per heavy atom. The molecule has 0 unspecified atom stereocenters. The summed E-state index contributed by atoms with van der Waals surface area (Å²) in [5, 5.41) is 3.68. The zero-order valence-electron chi connectivity index (χ0n) is 23.2. The SMILES string of the molecule is [C-]#[N+]c1ccc2c(oc3c(-c4cc(C(C)C)c([Si](C)(C)C)c(C)[n+]4C)c(C)ccc32)c1-c1ccccc1. The number of nitrogens with zero attached hydrogens (tertiary/aromatic N) is 2. The van der Waals surface area contributed by atoms with Gasteiger partial charge < -0.3 is 4.42 Å². The molecule has 0 aliphatic rings. The van der Waals surface area contributed by atoms with E-state index in [1.54, 1.807) is 5.19 Å². The second-order valence-corrected chi connectivity index (χ2v) is 16.5. The lowest BCUT2D eigenvalue weighted by molar-refractivity contribution is -0.665. The molecule has 0 spiro atoms. The fourth-order valence-electron chi connectivity index (χ4n) is 5.83. The quantitative estimate of drug-likeness (QED) is 0.137. The van der Waals surface area contributed by atoms with E-state index in [0.29, 0.717) is 11.6 Å². The molecule has 186 valence electrons. The largest absolute Gasteiger partial charge is 0.456 e. The molecule has 5 rings (SSSR count). The van der Waals surface area contributed by atoms with Gasteiger partial charge in [0, 0.05) is 34.5 Å². The van der Waals surface area contributed by atoms with E-state index in [2.05, 4.69) is 94.1 Å². The molecule has 3 nitrogen and oxygen atoms in total. The van der Waals surface area contributed by atoms with Crippen molar-refractivity contribution >= 4 is 40.9 Å². The van der Waals surface area contributed by atoms with Crippen LogP contribution in [-0.4, -0.2) is 8.07 Å². The number of benzene rings is 3. The molecule has 0 aliphatic carbocycles. The standard InChI is InChI=1S/C33H35N2OSi/c1-20(2)26-19-28(35(6)22(4)33(26)37(7,8)9)29-21(3)15-16-24-25-17-18-27(34-5)30(32(25)36-31(24)29)23-13-11-10-12-14-23/h10-20H,1-4,6-9H3/q+1. The smallest absolute Gasteiger partial charge is 0.216 e. The summed E-state index contributed by atoms with van der Waals surface area (Å²) >= 11 is 0. The summed E-state index contributed by atoms with van der Waals surface area (Å²) in [6.07, 6.45) is 0. The molecule has 2 aromatic heterocycles. The zero-order chi connectivity index (χ0) is 26.6. The molecule has 0 saturated heterocycles. The van der Waals surface area contributed by atoms with Crippen LogP contribution in [0.5, 0.6) is 0 Å². The normalized spacial score (nSPS) is 12.0. The topological polar surface area (TPSA) is 21.4 Å². The van der Waals surface area contributed by atoms with Crippen LogP contribution >= 0.6 is 0 Å². The third kappa shape index (κ3) is 3.99. The maximum absolute atomic E-state index is 7.82. The first-order valence-corrected chi connectivity index (χ1v) is 16.5. The summed E-state index contributed by atoms with van der Waals surface area (Å²) in [5.41, 5.74) is 10.4. The van der Waals surface area contributed by atoms with E-state index in [0.717, 1.165) is 38.6 Å². The van der Waals surface area contributed by atoms with E-state index in [4.69, 9.17) is 11.0 Å². The van der Waals surface area contributed by atoms with Crippen LogP contribution in [0, 0.1) is 20.4 Å². The van der Waals surface area contributed by atoms with Gasteiger partial charge in [-0.05, 0) is 29.5 Å². The van der Waals surface area contributed by atoms with Crippen molar-refractivity contribution in [3.8, 4) is 22.4 Å². The fourth-order valence-corrected chi connectivity index (χ4v) is 8.31. The van der Waals surface area contributed by atoms with Crippen molar-refractivity contribution in [1.29, 1.82) is 0 Å². The van der Waals surface area contributed by atoms with Gasteiger partial charge in [0.25, 0.3) is 0 Å². The summed E-state index contributed by atoms with van der Waals surface area (Å²) in [7, 11) is 0.624. The molecular formula is C33H35N2OSi+. The number of rotatable bonds is 4. The van der Waals surface area contributed by atoms with E-state index in [1.165, 1.54) is 22.5 Å². The van der Waals surface area contributed by atoms with Gasteiger partial charge in [-0.3, -0.25) is 0 Å². The average Bonchev–Trinajstić information content (AvgIpc) is 3.23. The monoisotopic (exact) mass is 503 g/mol. The predicted octanol–water partition coefficient (Wildman–Crippen LogP) is 8.58. The molecule has 0 amide bonds. The highest BCUT2D eigenvalue weighted by atomic mass is 28.3.